The van der Waals surface area contributed by atoms with E-state index < -0.39 is 0 Å². The van der Waals surface area contributed by atoms with E-state index in [1.807, 2.05) is 0 Å². The van der Waals surface area contributed by atoms with Crippen LogP contribution in [0.5, 0.6) is 0 Å². The quantitative estimate of drug-likeness (QED) is 0.225. The number of unbranched alkanes of at least 4 members (excludes halogenated alkanes) is 7. The Hall–Kier alpha value is 0. The van der Waals surface area contributed by atoms with Crippen molar-refractivity contribution in [2.24, 2.45) is 22.7 Å². The Bertz CT molecular complexity index is 312. The van der Waals surface area contributed by atoms with E-state index in [9.17, 15) is 0 Å². The molecule has 0 aliphatic carbocycles. The molecular formula is C26H54. The summed E-state index contributed by atoms with van der Waals surface area (Å²) >= 11 is 0. The Morgan fingerprint density at radius 1 is 0.577 bits per heavy atom. The number of hydrogen-bond acceptors (Lipinski definition) is 0. The van der Waals surface area contributed by atoms with Gasteiger partial charge in [0, 0.05) is 0 Å². The number of rotatable bonds is 17. The van der Waals surface area contributed by atoms with E-state index in [1.54, 1.807) is 0 Å². The molecule has 0 N–H and O–H groups in total. The Balaban J connectivity index is 3.65. The van der Waals surface area contributed by atoms with Gasteiger partial charge in [-0.3, -0.25) is 0 Å². The molecule has 26 heavy (non-hydrogen) atoms. The molecule has 0 aromatic heterocycles. The Kier molecular flexibility index (Phi) is 14.1. The fourth-order valence-corrected chi connectivity index (χ4v) is 4.25. The summed E-state index contributed by atoms with van der Waals surface area (Å²) in [5.74, 6) is 1.77. The minimum atomic E-state index is 0.538. The maximum absolute atomic E-state index is 2.50. The second-order valence-corrected chi connectivity index (χ2v) is 11.0. The van der Waals surface area contributed by atoms with Crippen molar-refractivity contribution in [3.8, 4) is 0 Å². The molecular weight excluding hydrogens is 312 g/mol. The molecule has 0 rings (SSSR count). The van der Waals surface area contributed by atoms with E-state index in [2.05, 4.69) is 55.4 Å². The third kappa shape index (κ3) is 14.1. The first kappa shape index (κ1) is 26.0. The maximum Gasteiger partial charge on any atom is -0.0352 e. The maximum atomic E-state index is 2.50. The molecule has 158 valence electrons. The normalized spacial score (nSPS) is 15.2. The average molecular weight is 367 g/mol. The number of hydrogen-bond donors (Lipinski definition) is 0. The van der Waals surface area contributed by atoms with Gasteiger partial charge in [-0.25, -0.2) is 0 Å². The molecule has 0 amide bonds. The van der Waals surface area contributed by atoms with Crippen LogP contribution in [0.1, 0.15) is 145 Å². The molecule has 0 saturated carbocycles. The van der Waals surface area contributed by atoms with Crippen molar-refractivity contribution in [3.63, 3.8) is 0 Å². The van der Waals surface area contributed by atoms with Crippen molar-refractivity contribution in [3.05, 3.63) is 0 Å². The van der Waals surface area contributed by atoms with Gasteiger partial charge >= 0.3 is 0 Å². The average Bonchev–Trinajstić information content (AvgIpc) is 2.57. The second-order valence-electron chi connectivity index (χ2n) is 11.0. The van der Waals surface area contributed by atoms with Crippen LogP contribution in [0, 0.1) is 22.7 Å². The predicted octanol–water partition coefficient (Wildman–Crippen LogP) is 9.81. The van der Waals surface area contributed by atoms with Gasteiger partial charge in [-0.15, -0.1) is 0 Å². The van der Waals surface area contributed by atoms with Crippen molar-refractivity contribution in [1.29, 1.82) is 0 Å². The zero-order chi connectivity index (χ0) is 20.1. The highest BCUT2D eigenvalue weighted by Gasteiger charge is 2.23. The zero-order valence-electron chi connectivity index (χ0n) is 20.1. The fourth-order valence-electron chi connectivity index (χ4n) is 4.25. The summed E-state index contributed by atoms with van der Waals surface area (Å²) in [6.45, 7) is 19.4. The van der Waals surface area contributed by atoms with Gasteiger partial charge < -0.3 is 0 Å². The van der Waals surface area contributed by atoms with Crippen LogP contribution in [-0.4, -0.2) is 0 Å². The Morgan fingerprint density at radius 3 is 1.62 bits per heavy atom. The molecule has 0 aromatic carbocycles. The lowest BCUT2D eigenvalue weighted by atomic mass is 9.75. The molecule has 0 fully saturated rings. The molecule has 0 saturated heterocycles. The lowest BCUT2D eigenvalue weighted by Gasteiger charge is -2.31. The second kappa shape index (κ2) is 14.1. The highest BCUT2D eigenvalue weighted by molar-refractivity contribution is 4.74. The van der Waals surface area contributed by atoms with Crippen LogP contribution in [0.2, 0.25) is 0 Å². The van der Waals surface area contributed by atoms with Gasteiger partial charge in [0.25, 0.3) is 0 Å². The molecule has 0 spiro atoms. The van der Waals surface area contributed by atoms with E-state index >= 15 is 0 Å². The van der Waals surface area contributed by atoms with Crippen LogP contribution in [0.4, 0.5) is 0 Å². The first-order chi connectivity index (χ1) is 12.1. The van der Waals surface area contributed by atoms with Crippen molar-refractivity contribution in [1.82, 2.24) is 0 Å². The van der Waals surface area contributed by atoms with Gasteiger partial charge in [0.05, 0.1) is 0 Å². The molecule has 0 nitrogen and oxygen atoms in total. The van der Waals surface area contributed by atoms with Crippen molar-refractivity contribution >= 4 is 0 Å². The van der Waals surface area contributed by atoms with Crippen LogP contribution in [-0.2, 0) is 0 Å². The van der Waals surface area contributed by atoms with E-state index in [1.165, 1.54) is 89.9 Å². The van der Waals surface area contributed by atoms with Crippen LogP contribution >= 0.6 is 0 Å². The summed E-state index contributed by atoms with van der Waals surface area (Å²) in [6.07, 6.45) is 19.9. The lowest BCUT2D eigenvalue weighted by Crippen LogP contribution is -2.19. The third-order valence-electron chi connectivity index (χ3n) is 7.02. The monoisotopic (exact) mass is 366 g/mol. The summed E-state index contributed by atoms with van der Waals surface area (Å²) in [5, 5.41) is 0. The summed E-state index contributed by atoms with van der Waals surface area (Å²) in [7, 11) is 0. The van der Waals surface area contributed by atoms with Crippen LogP contribution < -0.4 is 0 Å². The van der Waals surface area contributed by atoms with Gasteiger partial charge in [0.15, 0.2) is 0 Å². The van der Waals surface area contributed by atoms with Gasteiger partial charge in [0.2, 0.25) is 0 Å². The van der Waals surface area contributed by atoms with Gasteiger partial charge in [-0.2, -0.15) is 0 Å². The van der Waals surface area contributed by atoms with Crippen LogP contribution in [0.15, 0.2) is 0 Å². The largest absolute Gasteiger partial charge is 0.0654 e. The van der Waals surface area contributed by atoms with Crippen molar-refractivity contribution in [2.75, 3.05) is 0 Å². The van der Waals surface area contributed by atoms with Gasteiger partial charge in [0.1, 0.15) is 0 Å². The third-order valence-corrected chi connectivity index (χ3v) is 7.02. The lowest BCUT2D eigenvalue weighted by molar-refractivity contribution is 0.203. The van der Waals surface area contributed by atoms with E-state index in [-0.39, 0.29) is 0 Å². The molecule has 0 heterocycles. The minimum absolute atomic E-state index is 0.538. The van der Waals surface area contributed by atoms with Crippen LogP contribution in [0.3, 0.4) is 0 Å². The van der Waals surface area contributed by atoms with E-state index in [4.69, 9.17) is 0 Å². The molecule has 0 radical (unpaired) electrons. The standard InChI is InChI=1S/C26H54/c1-9-11-20-26(7,8)22-24(4)23(3)19-17-15-13-12-14-16-18-21-25(5,6)10-2/h23-24H,9-22H2,1-8H3. The van der Waals surface area contributed by atoms with E-state index in [0.717, 1.165) is 11.8 Å². The molecule has 2 atom stereocenters. The molecule has 0 aliphatic rings. The SMILES string of the molecule is CCCCC(C)(C)CC(C)C(C)CCCCCCCCCC(C)(C)CC. The molecule has 0 bridgehead atoms. The van der Waals surface area contributed by atoms with Gasteiger partial charge in [-0.05, 0) is 41.9 Å². The van der Waals surface area contributed by atoms with Crippen molar-refractivity contribution in [2.45, 2.75) is 145 Å². The first-order valence-electron chi connectivity index (χ1n) is 12.1. The topological polar surface area (TPSA) is 0 Å². The van der Waals surface area contributed by atoms with E-state index in [0.29, 0.717) is 10.8 Å². The molecule has 0 aliphatic heterocycles. The summed E-state index contributed by atoms with van der Waals surface area (Å²) < 4.78 is 0. The summed E-state index contributed by atoms with van der Waals surface area (Å²) in [6, 6.07) is 0. The highest BCUT2D eigenvalue weighted by atomic mass is 14.3. The zero-order valence-corrected chi connectivity index (χ0v) is 20.1. The smallest absolute Gasteiger partial charge is 0.0352 e. The Labute approximate surface area is 168 Å². The van der Waals surface area contributed by atoms with Gasteiger partial charge in [-0.1, -0.05) is 126 Å². The molecule has 0 heteroatoms. The Morgan fingerprint density at radius 2 is 1.08 bits per heavy atom. The predicted molar refractivity (Wildman–Crippen MR) is 122 cm³/mol. The van der Waals surface area contributed by atoms with Crippen LogP contribution in [0.25, 0.3) is 0 Å². The first-order valence-corrected chi connectivity index (χ1v) is 12.1. The minimum Gasteiger partial charge on any atom is -0.0654 e. The summed E-state index contributed by atoms with van der Waals surface area (Å²) in [5.41, 5.74) is 1.11. The van der Waals surface area contributed by atoms with Crippen molar-refractivity contribution < 1.29 is 0 Å². The molecule has 2 unspecified atom stereocenters. The highest BCUT2D eigenvalue weighted by Crippen LogP contribution is 2.35. The summed E-state index contributed by atoms with van der Waals surface area (Å²) in [4.78, 5) is 0. The molecule has 0 aromatic rings. The fraction of sp³-hybridized carbons (Fsp3) is 1.00.